The lowest BCUT2D eigenvalue weighted by Crippen LogP contribution is -2.30. The Labute approximate surface area is 111 Å². The van der Waals surface area contributed by atoms with Crippen molar-refractivity contribution < 1.29 is 0 Å². The summed E-state index contributed by atoms with van der Waals surface area (Å²) in [6.45, 7) is 5.93. The minimum Gasteiger partial charge on any atom is -0.339 e. The van der Waals surface area contributed by atoms with Gasteiger partial charge in [0.1, 0.15) is 5.15 Å². The Balaban J connectivity index is 2.07. The molecule has 96 valence electrons. The molecule has 0 atom stereocenters. The molecule has 1 fully saturated rings. The predicted molar refractivity (Wildman–Crippen MR) is 71.3 cm³/mol. The Kier molecular flexibility index (Phi) is 2.86. The molecule has 1 aliphatic heterocycles. The van der Waals surface area contributed by atoms with Crippen molar-refractivity contribution in [1.29, 1.82) is 0 Å². The van der Waals surface area contributed by atoms with Crippen LogP contribution in [0.1, 0.15) is 30.5 Å². The minimum atomic E-state index is 0.587. The second kappa shape index (κ2) is 4.39. The van der Waals surface area contributed by atoms with Gasteiger partial charge in [0.2, 0.25) is 5.95 Å². The molecule has 0 bridgehead atoms. The molecule has 3 rings (SSSR count). The van der Waals surface area contributed by atoms with Gasteiger partial charge in [-0.25, -0.2) is 4.98 Å². The highest BCUT2D eigenvalue weighted by atomic mass is 35.5. The number of hydrogen-bond donors (Lipinski definition) is 0. The second-order valence-corrected chi connectivity index (χ2v) is 5.14. The molecule has 5 nitrogen and oxygen atoms in total. The SMILES string of the molecule is Cc1nc2nc(N3CCCCC3)nn2c(Cl)c1C. The van der Waals surface area contributed by atoms with Gasteiger partial charge in [0, 0.05) is 24.3 Å². The van der Waals surface area contributed by atoms with Gasteiger partial charge >= 0.3 is 0 Å². The first-order chi connectivity index (χ1) is 8.66. The van der Waals surface area contributed by atoms with Crippen LogP contribution in [0.4, 0.5) is 5.95 Å². The summed E-state index contributed by atoms with van der Waals surface area (Å²) >= 11 is 6.29. The van der Waals surface area contributed by atoms with Crippen LogP contribution < -0.4 is 4.90 Å². The summed E-state index contributed by atoms with van der Waals surface area (Å²) in [6, 6.07) is 0. The Hall–Kier alpha value is -1.36. The zero-order valence-electron chi connectivity index (χ0n) is 10.6. The van der Waals surface area contributed by atoms with E-state index in [4.69, 9.17) is 11.6 Å². The molecular formula is C12H16ClN5. The van der Waals surface area contributed by atoms with E-state index < -0.39 is 0 Å². The van der Waals surface area contributed by atoms with Gasteiger partial charge in [-0.15, -0.1) is 5.10 Å². The number of fused-ring (bicyclic) bond motifs is 1. The quantitative estimate of drug-likeness (QED) is 0.743. The second-order valence-electron chi connectivity index (χ2n) is 4.78. The smallest absolute Gasteiger partial charge is 0.255 e. The fourth-order valence-electron chi connectivity index (χ4n) is 2.27. The zero-order chi connectivity index (χ0) is 12.7. The third kappa shape index (κ3) is 1.82. The van der Waals surface area contributed by atoms with E-state index in [0.29, 0.717) is 10.9 Å². The topological polar surface area (TPSA) is 46.3 Å². The van der Waals surface area contributed by atoms with E-state index in [1.165, 1.54) is 19.3 Å². The summed E-state index contributed by atoms with van der Waals surface area (Å²) in [6.07, 6.45) is 3.70. The fraction of sp³-hybridized carbons (Fsp3) is 0.583. The van der Waals surface area contributed by atoms with E-state index in [9.17, 15) is 0 Å². The third-order valence-corrected chi connectivity index (χ3v) is 3.97. The molecule has 6 heteroatoms. The fourth-order valence-corrected chi connectivity index (χ4v) is 2.52. The van der Waals surface area contributed by atoms with Gasteiger partial charge in [-0.05, 0) is 33.1 Å². The van der Waals surface area contributed by atoms with Crippen molar-refractivity contribution in [2.24, 2.45) is 0 Å². The molecule has 2 aromatic heterocycles. The van der Waals surface area contributed by atoms with Crippen molar-refractivity contribution >= 4 is 23.3 Å². The Morgan fingerprint density at radius 2 is 1.78 bits per heavy atom. The monoisotopic (exact) mass is 265 g/mol. The lowest BCUT2D eigenvalue weighted by molar-refractivity contribution is 0.568. The molecular weight excluding hydrogens is 250 g/mol. The molecule has 3 heterocycles. The number of anilines is 1. The van der Waals surface area contributed by atoms with Crippen molar-refractivity contribution in [3.63, 3.8) is 0 Å². The average molecular weight is 266 g/mol. The summed E-state index contributed by atoms with van der Waals surface area (Å²) in [7, 11) is 0. The average Bonchev–Trinajstić information content (AvgIpc) is 2.81. The summed E-state index contributed by atoms with van der Waals surface area (Å²) < 4.78 is 1.63. The number of rotatable bonds is 1. The molecule has 0 aromatic carbocycles. The van der Waals surface area contributed by atoms with Gasteiger partial charge in [-0.3, -0.25) is 0 Å². The van der Waals surface area contributed by atoms with Crippen molar-refractivity contribution in [2.45, 2.75) is 33.1 Å². The van der Waals surface area contributed by atoms with Gasteiger partial charge in [0.25, 0.3) is 5.78 Å². The van der Waals surface area contributed by atoms with Crippen LogP contribution >= 0.6 is 11.6 Å². The Morgan fingerprint density at radius 3 is 2.50 bits per heavy atom. The summed E-state index contributed by atoms with van der Waals surface area (Å²) in [4.78, 5) is 11.1. The third-order valence-electron chi connectivity index (χ3n) is 3.52. The number of halogens is 1. The molecule has 2 aromatic rings. The Morgan fingerprint density at radius 1 is 1.06 bits per heavy atom. The van der Waals surface area contributed by atoms with Gasteiger partial charge in [0.15, 0.2) is 0 Å². The maximum Gasteiger partial charge on any atom is 0.255 e. The first kappa shape index (κ1) is 11.7. The Bertz CT molecular complexity index is 586. The molecule has 0 N–H and O–H groups in total. The van der Waals surface area contributed by atoms with E-state index in [1.54, 1.807) is 4.52 Å². The molecule has 1 saturated heterocycles. The molecule has 0 saturated carbocycles. The normalized spacial score (nSPS) is 16.5. The number of aromatic nitrogens is 4. The van der Waals surface area contributed by atoms with Gasteiger partial charge in [-0.2, -0.15) is 9.50 Å². The maximum atomic E-state index is 6.29. The van der Waals surface area contributed by atoms with Crippen molar-refractivity contribution in [1.82, 2.24) is 19.6 Å². The molecule has 0 aliphatic carbocycles. The minimum absolute atomic E-state index is 0.587. The van der Waals surface area contributed by atoms with Gasteiger partial charge in [0.05, 0.1) is 0 Å². The number of piperidine rings is 1. The van der Waals surface area contributed by atoms with Gasteiger partial charge < -0.3 is 4.90 Å². The van der Waals surface area contributed by atoms with Gasteiger partial charge in [-0.1, -0.05) is 11.6 Å². The first-order valence-corrected chi connectivity index (χ1v) is 6.69. The highest BCUT2D eigenvalue weighted by Crippen LogP contribution is 2.21. The van der Waals surface area contributed by atoms with Crippen LogP contribution in [0.5, 0.6) is 0 Å². The first-order valence-electron chi connectivity index (χ1n) is 6.31. The van der Waals surface area contributed by atoms with Crippen LogP contribution in [-0.2, 0) is 0 Å². The lowest BCUT2D eigenvalue weighted by atomic mass is 10.1. The standard InChI is InChI=1S/C12H16ClN5/c1-8-9(2)14-11-15-12(16-18(11)10(8)13)17-6-4-3-5-7-17/h3-7H2,1-2H3. The molecule has 1 aliphatic rings. The maximum absolute atomic E-state index is 6.29. The van der Waals surface area contributed by atoms with Crippen LogP contribution in [0.2, 0.25) is 5.15 Å². The van der Waals surface area contributed by atoms with Crippen LogP contribution in [-0.4, -0.2) is 32.7 Å². The van der Waals surface area contributed by atoms with Crippen LogP contribution in [0, 0.1) is 13.8 Å². The molecule has 0 radical (unpaired) electrons. The van der Waals surface area contributed by atoms with E-state index >= 15 is 0 Å². The zero-order valence-corrected chi connectivity index (χ0v) is 11.4. The lowest BCUT2D eigenvalue weighted by Gasteiger charge is -2.24. The number of aryl methyl sites for hydroxylation is 1. The van der Waals surface area contributed by atoms with Crippen molar-refractivity contribution in [2.75, 3.05) is 18.0 Å². The number of nitrogens with zero attached hydrogens (tertiary/aromatic N) is 5. The van der Waals surface area contributed by atoms with E-state index in [2.05, 4.69) is 20.0 Å². The predicted octanol–water partition coefficient (Wildman–Crippen LogP) is 2.38. The summed E-state index contributed by atoms with van der Waals surface area (Å²) in [5.41, 5.74) is 1.87. The molecule has 0 amide bonds. The summed E-state index contributed by atoms with van der Waals surface area (Å²) in [5, 5.41) is 5.08. The van der Waals surface area contributed by atoms with Crippen LogP contribution in [0.15, 0.2) is 0 Å². The molecule has 0 spiro atoms. The summed E-state index contributed by atoms with van der Waals surface area (Å²) in [5.74, 6) is 1.33. The molecule has 0 unspecified atom stereocenters. The van der Waals surface area contributed by atoms with E-state index in [1.807, 2.05) is 13.8 Å². The van der Waals surface area contributed by atoms with Crippen molar-refractivity contribution in [3.8, 4) is 0 Å². The van der Waals surface area contributed by atoms with Crippen LogP contribution in [0.3, 0.4) is 0 Å². The highest BCUT2D eigenvalue weighted by molar-refractivity contribution is 6.30. The highest BCUT2D eigenvalue weighted by Gasteiger charge is 2.18. The van der Waals surface area contributed by atoms with E-state index in [-0.39, 0.29) is 0 Å². The van der Waals surface area contributed by atoms with E-state index in [0.717, 1.165) is 30.3 Å². The largest absolute Gasteiger partial charge is 0.339 e. The number of hydrogen-bond acceptors (Lipinski definition) is 4. The molecule has 18 heavy (non-hydrogen) atoms. The van der Waals surface area contributed by atoms with Crippen molar-refractivity contribution in [3.05, 3.63) is 16.4 Å². The van der Waals surface area contributed by atoms with Crippen LogP contribution in [0.25, 0.3) is 5.78 Å².